The van der Waals surface area contributed by atoms with Crippen LogP contribution in [0.4, 0.5) is 11.4 Å². The first-order valence-electron chi connectivity index (χ1n) is 6.30. The van der Waals surface area contributed by atoms with Crippen LogP contribution in [0.15, 0.2) is 24.8 Å². The molecule has 2 rings (SSSR count). The highest BCUT2D eigenvalue weighted by Gasteiger charge is 2.39. The summed E-state index contributed by atoms with van der Waals surface area (Å²) in [6, 6.07) is 3.23. The van der Waals surface area contributed by atoms with E-state index in [2.05, 4.69) is 11.9 Å². The second-order valence-electron chi connectivity index (χ2n) is 4.93. The standard InChI is InChI=1S/C14H19N3O3/c1-3-13(18)17-10-6-9(15)11(19-2)7-12(10)20-8-14(16)4-5-14/h3,6-7H,1,4-5,8,15-16H2,2H3,(H,17,18). The number of rotatable bonds is 6. The molecule has 0 spiro atoms. The van der Waals surface area contributed by atoms with Gasteiger partial charge in [0.15, 0.2) is 0 Å². The van der Waals surface area contributed by atoms with Gasteiger partial charge in [0.1, 0.15) is 18.1 Å². The minimum absolute atomic E-state index is 0.256. The highest BCUT2D eigenvalue weighted by atomic mass is 16.5. The molecule has 20 heavy (non-hydrogen) atoms. The lowest BCUT2D eigenvalue weighted by molar-refractivity contribution is -0.111. The highest BCUT2D eigenvalue weighted by Crippen LogP contribution is 2.37. The van der Waals surface area contributed by atoms with E-state index in [4.69, 9.17) is 20.9 Å². The van der Waals surface area contributed by atoms with Crippen molar-refractivity contribution in [1.82, 2.24) is 0 Å². The summed E-state index contributed by atoms with van der Waals surface area (Å²) in [7, 11) is 1.52. The van der Waals surface area contributed by atoms with Gasteiger partial charge in [-0.1, -0.05) is 6.58 Å². The SMILES string of the molecule is C=CC(=O)Nc1cc(N)c(OC)cc1OCC1(N)CC1. The van der Waals surface area contributed by atoms with Crippen molar-refractivity contribution in [3.8, 4) is 11.5 Å². The van der Waals surface area contributed by atoms with E-state index in [9.17, 15) is 4.79 Å². The van der Waals surface area contributed by atoms with Gasteiger partial charge >= 0.3 is 0 Å². The van der Waals surface area contributed by atoms with Gasteiger partial charge in [-0.3, -0.25) is 4.79 Å². The summed E-state index contributed by atoms with van der Waals surface area (Å²) in [6.45, 7) is 3.79. The van der Waals surface area contributed by atoms with Crippen LogP contribution in [0.2, 0.25) is 0 Å². The maximum absolute atomic E-state index is 11.4. The molecule has 1 amide bonds. The monoisotopic (exact) mass is 277 g/mol. The lowest BCUT2D eigenvalue weighted by atomic mass is 10.2. The number of nitrogen functional groups attached to an aromatic ring is 1. The molecule has 1 aromatic rings. The van der Waals surface area contributed by atoms with Gasteiger partial charge in [0.2, 0.25) is 5.91 Å². The first kappa shape index (κ1) is 14.2. The average Bonchev–Trinajstić information content (AvgIpc) is 3.16. The highest BCUT2D eigenvalue weighted by molar-refractivity contribution is 6.00. The van der Waals surface area contributed by atoms with E-state index in [1.807, 2.05) is 0 Å². The van der Waals surface area contributed by atoms with Gasteiger partial charge in [0.05, 0.1) is 24.0 Å². The van der Waals surface area contributed by atoms with Crippen LogP contribution in [0.3, 0.4) is 0 Å². The topological polar surface area (TPSA) is 99.6 Å². The molecule has 0 aromatic heterocycles. The summed E-state index contributed by atoms with van der Waals surface area (Å²) >= 11 is 0. The number of ether oxygens (including phenoxy) is 2. The molecule has 1 aromatic carbocycles. The van der Waals surface area contributed by atoms with E-state index in [0.29, 0.717) is 29.5 Å². The molecule has 1 aliphatic carbocycles. The van der Waals surface area contributed by atoms with Crippen LogP contribution in [0.25, 0.3) is 0 Å². The normalized spacial score (nSPS) is 15.3. The van der Waals surface area contributed by atoms with E-state index < -0.39 is 0 Å². The molecule has 0 unspecified atom stereocenters. The molecule has 5 N–H and O–H groups in total. The number of benzene rings is 1. The molecule has 6 heteroatoms. The van der Waals surface area contributed by atoms with Crippen LogP contribution >= 0.6 is 0 Å². The molecule has 1 aliphatic rings. The molecule has 0 saturated heterocycles. The van der Waals surface area contributed by atoms with Crippen molar-refractivity contribution in [3.63, 3.8) is 0 Å². The van der Waals surface area contributed by atoms with Crippen molar-refractivity contribution in [2.24, 2.45) is 5.73 Å². The molecule has 6 nitrogen and oxygen atoms in total. The summed E-state index contributed by atoms with van der Waals surface area (Å²) in [4.78, 5) is 11.4. The number of hydrogen-bond acceptors (Lipinski definition) is 5. The predicted octanol–water partition coefficient (Wildman–Crippen LogP) is 1.27. The first-order chi connectivity index (χ1) is 9.47. The van der Waals surface area contributed by atoms with Crippen molar-refractivity contribution in [2.45, 2.75) is 18.4 Å². The number of amides is 1. The van der Waals surface area contributed by atoms with Gasteiger partial charge in [0.25, 0.3) is 0 Å². The van der Waals surface area contributed by atoms with Gasteiger partial charge < -0.3 is 26.3 Å². The van der Waals surface area contributed by atoms with Gasteiger partial charge in [-0.2, -0.15) is 0 Å². The molecule has 108 valence electrons. The van der Waals surface area contributed by atoms with Gasteiger partial charge in [-0.05, 0) is 25.0 Å². The van der Waals surface area contributed by atoms with E-state index in [0.717, 1.165) is 12.8 Å². The smallest absolute Gasteiger partial charge is 0.247 e. The van der Waals surface area contributed by atoms with Crippen LogP contribution in [0.1, 0.15) is 12.8 Å². The summed E-state index contributed by atoms with van der Waals surface area (Å²) in [5.41, 5.74) is 12.4. The molecule has 0 aliphatic heterocycles. The minimum atomic E-state index is -0.340. The van der Waals surface area contributed by atoms with Crippen LogP contribution in [-0.4, -0.2) is 25.2 Å². The molecule has 0 heterocycles. The molecule has 0 bridgehead atoms. The van der Waals surface area contributed by atoms with Crippen molar-refractivity contribution in [1.29, 1.82) is 0 Å². The zero-order chi connectivity index (χ0) is 14.8. The van der Waals surface area contributed by atoms with Crippen molar-refractivity contribution in [3.05, 3.63) is 24.8 Å². The van der Waals surface area contributed by atoms with Crippen LogP contribution in [0.5, 0.6) is 11.5 Å². The molecule has 1 fully saturated rings. The number of methoxy groups -OCH3 is 1. The molecular formula is C14H19N3O3. The fraction of sp³-hybridized carbons (Fsp3) is 0.357. The van der Waals surface area contributed by atoms with Gasteiger partial charge in [-0.15, -0.1) is 0 Å². The Bertz CT molecular complexity index is 539. The van der Waals surface area contributed by atoms with E-state index in [1.54, 1.807) is 12.1 Å². The average molecular weight is 277 g/mol. The zero-order valence-electron chi connectivity index (χ0n) is 11.4. The lowest BCUT2D eigenvalue weighted by Gasteiger charge is -2.17. The third-order valence-corrected chi connectivity index (χ3v) is 3.18. The summed E-state index contributed by atoms with van der Waals surface area (Å²) < 4.78 is 10.8. The summed E-state index contributed by atoms with van der Waals surface area (Å²) in [6.07, 6.45) is 3.05. The van der Waals surface area contributed by atoms with Gasteiger partial charge in [0, 0.05) is 6.07 Å². The Morgan fingerprint density at radius 1 is 1.50 bits per heavy atom. The number of carbonyl (C=O) groups excluding carboxylic acids is 1. The van der Waals surface area contributed by atoms with Gasteiger partial charge in [-0.25, -0.2) is 0 Å². The van der Waals surface area contributed by atoms with Crippen molar-refractivity contribution in [2.75, 3.05) is 24.8 Å². The fourth-order valence-corrected chi connectivity index (χ4v) is 1.68. The number of carbonyl (C=O) groups is 1. The number of hydrogen-bond donors (Lipinski definition) is 3. The van der Waals surface area contributed by atoms with Crippen LogP contribution in [-0.2, 0) is 4.79 Å². The largest absolute Gasteiger partial charge is 0.494 e. The molecule has 0 radical (unpaired) electrons. The maximum atomic E-state index is 11.4. The Kier molecular flexibility index (Phi) is 3.85. The Hall–Kier alpha value is -2.21. The Morgan fingerprint density at radius 3 is 2.75 bits per heavy atom. The van der Waals surface area contributed by atoms with Crippen LogP contribution < -0.4 is 26.3 Å². The lowest BCUT2D eigenvalue weighted by Crippen LogP contribution is -2.30. The number of nitrogens with two attached hydrogens (primary N) is 2. The maximum Gasteiger partial charge on any atom is 0.247 e. The summed E-state index contributed by atoms with van der Waals surface area (Å²) in [5, 5.41) is 2.65. The summed E-state index contributed by atoms with van der Waals surface area (Å²) in [5.74, 6) is 0.620. The second kappa shape index (κ2) is 5.42. The van der Waals surface area contributed by atoms with Crippen molar-refractivity contribution < 1.29 is 14.3 Å². The van der Waals surface area contributed by atoms with Crippen LogP contribution in [0, 0.1) is 0 Å². The Labute approximate surface area is 117 Å². The third kappa shape index (κ3) is 3.21. The molecular weight excluding hydrogens is 258 g/mol. The number of anilines is 2. The van der Waals surface area contributed by atoms with Crippen molar-refractivity contribution >= 4 is 17.3 Å². The Morgan fingerprint density at radius 2 is 2.20 bits per heavy atom. The predicted molar refractivity (Wildman–Crippen MR) is 77.9 cm³/mol. The number of nitrogens with one attached hydrogen (secondary N) is 1. The van der Waals surface area contributed by atoms with E-state index in [1.165, 1.54) is 13.2 Å². The van der Waals surface area contributed by atoms with E-state index in [-0.39, 0.29) is 11.4 Å². The third-order valence-electron chi connectivity index (χ3n) is 3.18. The second-order valence-corrected chi connectivity index (χ2v) is 4.93. The zero-order valence-corrected chi connectivity index (χ0v) is 11.4. The quantitative estimate of drug-likeness (QED) is 0.537. The fourth-order valence-electron chi connectivity index (χ4n) is 1.68. The Balaban J connectivity index is 2.23. The first-order valence-corrected chi connectivity index (χ1v) is 6.30. The minimum Gasteiger partial charge on any atom is -0.494 e. The molecule has 1 saturated carbocycles. The van der Waals surface area contributed by atoms with E-state index >= 15 is 0 Å². The molecule has 0 atom stereocenters.